The number of hydrogen-bond donors (Lipinski definition) is 2. The lowest BCUT2D eigenvalue weighted by molar-refractivity contribution is -0.137. The third kappa shape index (κ3) is 7.56. The van der Waals surface area contributed by atoms with Crippen molar-refractivity contribution in [3.8, 4) is 11.5 Å². The number of amides is 1. The monoisotopic (exact) mass is 534 g/mol. The molecule has 3 aromatic rings. The van der Waals surface area contributed by atoms with Gasteiger partial charge in [0.1, 0.15) is 0 Å². The number of Topliss-reactive ketones (excluding diaryl/α,β-unsaturated/α-hetero) is 1. The molecule has 2 aromatic carbocycles. The summed E-state index contributed by atoms with van der Waals surface area (Å²) >= 11 is 1.14. The summed E-state index contributed by atoms with van der Waals surface area (Å²) in [6.07, 6.45) is -1.50. The number of methoxy groups -OCH3 is 1. The minimum atomic E-state index is -4.53. The number of benzene rings is 2. The maximum Gasteiger partial charge on any atom is 0.416 e. The second-order valence-electron chi connectivity index (χ2n) is 9.01. The highest BCUT2D eigenvalue weighted by Crippen LogP contribution is 2.31. The van der Waals surface area contributed by atoms with Gasteiger partial charge in [-0.15, -0.1) is 11.3 Å². The lowest BCUT2D eigenvalue weighted by Gasteiger charge is -2.12. The highest BCUT2D eigenvalue weighted by molar-refractivity contribution is 7.07. The highest BCUT2D eigenvalue weighted by atomic mass is 32.1. The van der Waals surface area contributed by atoms with Crippen LogP contribution in [0, 0.1) is 5.41 Å². The summed E-state index contributed by atoms with van der Waals surface area (Å²) in [5.41, 5.74) is -1.20. The van der Waals surface area contributed by atoms with E-state index in [1.54, 1.807) is 45.0 Å². The molecule has 7 nitrogen and oxygen atoms in total. The Morgan fingerprint density at radius 2 is 1.81 bits per heavy atom. The standard InChI is InChI=1S/C26H25F3N2O5S/c1-25(2,3)21(32)13-23-31-24(34)20(37-23)11-15-8-9-18(19(10-15)35-4)36-14-22(33)30-17-7-5-6-16(12-17)26(27,28)29/h5-13H,14H2,1-4H3,(H,30,33)(H,31,34). The quantitative estimate of drug-likeness (QED) is 0.482. The minimum absolute atomic E-state index is 0.0117. The van der Waals surface area contributed by atoms with E-state index in [0.717, 1.165) is 23.5 Å². The number of hydrogen-bond acceptors (Lipinski definition) is 6. The first-order valence-electron chi connectivity index (χ1n) is 11.0. The summed E-state index contributed by atoms with van der Waals surface area (Å²) in [5.74, 6) is -0.264. The first-order valence-corrected chi connectivity index (χ1v) is 11.8. The van der Waals surface area contributed by atoms with E-state index in [4.69, 9.17) is 9.47 Å². The topological polar surface area (TPSA) is 97.5 Å². The van der Waals surface area contributed by atoms with Crippen molar-refractivity contribution in [2.75, 3.05) is 19.0 Å². The van der Waals surface area contributed by atoms with Crippen LogP contribution in [0.1, 0.15) is 31.9 Å². The molecule has 0 saturated carbocycles. The third-order valence-electron chi connectivity index (χ3n) is 5.00. The van der Waals surface area contributed by atoms with Crippen LogP contribution in [0.2, 0.25) is 0 Å². The Morgan fingerprint density at radius 1 is 1.08 bits per heavy atom. The number of carbonyl (C=O) groups is 2. The van der Waals surface area contributed by atoms with E-state index >= 15 is 0 Å². The number of aromatic amines is 1. The number of ether oxygens (including phenoxy) is 2. The fourth-order valence-corrected chi connectivity index (χ4v) is 3.90. The lowest BCUT2D eigenvalue weighted by atomic mass is 9.91. The van der Waals surface area contributed by atoms with Gasteiger partial charge in [0.15, 0.2) is 23.9 Å². The Labute approximate surface area is 214 Å². The van der Waals surface area contributed by atoms with Gasteiger partial charge < -0.3 is 19.8 Å². The van der Waals surface area contributed by atoms with Gasteiger partial charge in [0.05, 0.1) is 21.9 Å². The van der Waals surface area contributed by atoms with Gasteiger partial charge in [0, 0.05) is 17.2 Å². The molecule has 0 radical (unpaired) electrons. The van der Waals surface area contributed by atoms with Crippen LogP contribution < -0.4 is 29.5 Å². The second kappa shape index (κ2) is 11.0. The van der Waals surface area contributed by atoms with Gasteiger partial charge in [-0.2, -0.15) is 13.2 Å². The summed E-state index contributed by atoms with van der Waals surface area (Å²) < 4.78 is 50.2. The number of thiazole rings is 1. The smallest absolute Gasteiger partial charge is 0.416 e. The molecule has 1 amide bonds. The van der Waals surface area contributed by atoms with Crippen LogP contribution >= 0.6 is 11.3 Å². The summed E-state index contributed by atoms with van der Waals surface area (Å²) in [4.78, 5) is 39.4. The summed E-state index contributed by atoms with van der Waals surface area (Å²) in [7, 11) is 1.40. The SMILES string of the molecule is COc1cc(C=c2sc(=CC(=O)C(C)(C)C)[nH]c2=O)ccc1OCC(=O)Nc1cccc(C(F)(F)F)c1. The molecule has 1 aromatic heterocycles. The first kappa shape index (κ1) is 27.7. The molecular formula is C26H25F3N2O5S. The molecule has 37 heavy (non-hydrogen) atoms. The van der Waals surface area contributed by atoms with E-state index in [9.17, 15) is 27.6 Å². The third-order valence-corrected chi connectivity index (χ3v) is 5.96. The predicted octanol–water partition coefficient (Wildman–Crippen LogP) is 3.71. The van der Waals surface area contributed by atoms with Gasteiger partial charge in [-0.25, -0.2) is 0 Å². The number of nitrogens with one attached hydrogen (secondary N) is 2. The van der Waals surface area contributed by atoms with Crippen LogP contribution in [0.25, 0.3) is 12.2 Å². The van der Waals surface area contributed by atoms with E-state index in [1.807, 2.05) is 0 Å². The van der Waals surface area contributed by atoms with Crippen LogP contribution in [0.4, 0.5) is 18.9 Å². The second-order valence-corrected chi connectivity index (χ2v) is 10.1. The van der Waals surface area contributed by atoms with Crippen molar-refractivity contribution < 1.29 is 32.2 Å². The van der Waals surface area contributed by atoms with Crippen molar-refractivity contribution >= 4 is 40.9 Å². The molecule has 0 saturated heterocycles. The number of H-pyrrole nitrogens is 1. The van der Waals surface area contributed by atoms with Crippen molar-refractivity contribution in [1.29, 1.82) is 0 Å². The molecular weight excluding hydrogens is 509 g/mol. The lowest BCUT2D eigenvalue weighted by Crippen LogP contribution is -2.22. The molecule has 0 spiro atoms. The Bertz CT molecular complexity index is 1480. The normalized spacial score (nSPS) is 12.9. The van der Waals surface area contributed by atoms with E-state index in [-0.39, 0.29) is 28.5 Å². The number of carbonyl (C=O) groups excluding carboxylic acids is 2. The van der Waals surface area contributed by atoms with Gasteiger partial charge in [-0.05, 0) is 42.0 Å². The zero-order valence-corrected chi connectivity index (χ0v) is 21.3. The number of halogens is 3. The highest BCUT2D eigenvalue weighted by Gasteiger charge is 2.30. The van der Waals surface area contributed by atoms with Crippen molar-refractivity contribution in [1.82, 2.24) is 4.98 Å². The molecule has 11 heteroatoms. The van der Waals surface area contributed by atoms with Crippen molar-refractivity contribution in [3.05, 3.63) is 73.1 Å². The van der Waals surface area contributed by atoms with Crippen LogP contribution in [0.3, 0.4) is 0 Å². The molecule has 0 aliphatic rings. The van der Waals surface area contributed by atoms with Crippen molar-refractivity contribution in [3.63, 3.8) is 0 Å². The number of anilines is 1. The average Bonchev–Trinajstić information content (AvgIpc) is 3.15. The number of aromatic nitrogens is 1. The van der Waals surface area contributed by atoms with Crippen molar-refractivity contribution in [2.45, 2.75) is 26.9 Å². The molecule has 0 atom stereocenters. The largest absolute Gasteiger partial charge is 0.493 e. The zero-order chi connectivity index (χ0) is 27.4. The zero-order valence-electron chi connectivity index (χ0n) is 20.5. The molecule has 0 fully saturated rings. The van der Waals surface area contributed by atoms with Crippen molar-refractivity contribution in [2.24, 2.45) is 5.41 Å². The summed E-state index contributed by atoms with van der Waals surface area (Å²) in [6, 6.07) is 9.06. The van der Waals surface area contributed by atoms with E-state index < -0.39 is 29.7 Å². The van der Waals surface area contributed by atoms with Crippen LogP contribution in [-0.2, 0) is 15.8 Å². The van der Waals surface area contributed by atoms with Crippen LogP contribution in [0.5, 0.6) is 11.5 Å². The number of alkyl halides is 3. The molecule has 3 rings (SSSR count). The molecule has 196 valence electrons. The van der Waals surface area contributed by atoms with Gasteiger partial charge >= 0.3 is 6.18 Å². The number of rotatable bonds is 7. The Balaban J connectivity index is 1.74. The Kier molecular flexibility index (Phi) is 8.27. The molecule has 1 heterocycles. The first-order chi connectivity index (χ1) is 17.3. The molecule has 0 unspecified atom stereocenters. The van der Waals surface area contributed by atoms with Gasteiger partial charge in [0.2, 0.25) is 0 Å². The summed E-state index contributed by atoms with van der Waals surface area (Å²) in [5, 5.41) is 2.36. The van der Waals surface area contributed by atoms with Crippen LogP contribution in [-0.4, -0.2) is 30.4 Å². The predicted molar refractivity (Wildman–Crippen MR) is 135 cm³/mol. The van der Waals surface area contributed by atoms with Gasteiger partial charge in [-0.3, -0.25) is 14.4 Å². The van der Waals surface area contributed by atoms with E-state index in [1.165, 1.54) is 25.3 Å². The molecule has 0 aliphatic heterocycles. The maximum absolute atomic E-state index is 12.9. The Hall–Kier alpha value is -3.86. The Morgan fingerprint density at radius 3 is 2.46 bits per heavy atom. The maximum atomic E-state index is 12.9. The molecule has 0 bridgehead atoms. The summed E-state index contributed by atoms with van der Waals surface area (Å²) in [6.45, 7) is 4.89. The van der Waals surface area contributed by atoms with E-state index in [2.05, 4.69) is 10.3 Å². The van der Waals surface area contributed by atoms with Gasteiger partial charge in [-0.1, -0.05) is 32.9 Å². The van der Waals surface area contributed by atoms with E-state index in [0.29, 0.717) is 14.8 Å². The minimum Gasteiger partial charge on any atom is -0.493 e. The average molecular weight is 535 g/mol. The number of ketones is 1. The van der Waals surface area contributed by atoms with Gasteiger partial charge in [0.25, 0.3) is 11.5 Å². The van der Waals surface area contributed by atoms with Crippen LogP contribution in [0.15, 0.2) is 47.3 Å². The fraction of sp³-hybridized carbons (Fsp3) is 0.269. The molecule has 2 N–H and O–H groups in total. The molecule has 0 aliphatic carbocycles. The fourth-order valence-electron chi connectivity index (χ4n) is 3.02.